The van der Waals surface area contributed by atoms with Crippen LogP contribution in [0.3, 0.4) is 0 Å². The molecule has 5 heteroatoms. The van der Waals surface area contributed by atoms with Gasteiger partial charge in [-0.3, -0.25) is 4.79 Å². The van der Waals surface area contributed by atoms with Gasteiger partial charge in [0.2, 0.25) is 0 Å². The van der Waals surface area contributed by atoms with E-state index in [1.54, 1.807) is 7.11 Å². The van der Waals surface area contributed by atoms with E-state index >= 15 is 0 Å². The lowest BCUT2D eigenvalue weighted by Crippen LogP contribution is -2.48. The highest BCUT2D eigenvalue weighted by Crippen LogP contribution is 2.30. The van der Waals surface area contributed by atoms with E-state index in [1.807, 2.05) is 48.2 Å². The zero-order valence-corrected chi connectivity index (χ0v) is 15.1. The molecule has 1 aromatic heterocycles. The van der Waals surface area contributed by atoms with Crippen LogP contribution in [0.5, 0.6) is 5.75 Å². The van der Waals surface area contributed by atoms with Crippen LogP contribution in [0.15, 0.2) is 52.9 Å². The summed E-state index contributed by atoms with van der Waals surface area (Å²) in [6.07, 6.45) is 0. The first-order chi connectivity index (χ1) is 12.7. The topological polar surface area (TPSA) is 45.9 Å². The number of nitrogens with zero attached hydrogens (tertiary/aromatic N) is 2. The Bertz CT molecular complexity index is 925. The predicted octanol–water partition coefficient (Wildman–Crippen LogP) is 3.71. The molecule has 1 saturated heterocycles. The summed E-state index contributed by atoms with van der Waals surface area (Å²) in [7, 11) is 1.63. The fraction of sp³-hybridized carbons (Fsp3) is 0.286. The van der Waals surface area contributed by atoms with Gasteiger partial charge in [-0.25, -0.2) is 0 Å². The summed E-state index contributed by atoms with van der Waals surface area (Å²) in [6.45, 7) is 4.95. The van der Waals surface area contributed by atoms with Gasteiger partial charge < -0.3 is 19.0 Å². The van der Waals surface area contributed by atoms with Crippen molar-refractivity contribution in [1.29, 1.82) is 0 Å². The maximum absolute atomic E-state index is 13.0. The molecule has 0 aliphatic carbocycles. The Labute approximate surface area is 152 Å². The van der Waals surface area contributed by atoms with Gasteiger partial charge in [-0.05, 0) is 37.3 Å². The minimum Gasteiger partial charge on any atom is -0.497 e. The molecule has 1 amide bonds. The molecule has 1 aliphatic heterocycles. The third-order valence-electron chi connectivity index (χ3n) is 5.03. The van der Waals surface area contributed by atoms with Gasteiger partial charge in [0.25, 0.3) is 5.91 Å². The molecule has 26 heavy (non-hydrogen) atoms. The Morgan fingerprint density at radius 3 is 2.46 bits per heavy atom. The highest BCUT2D eigenvalue weighted by atomic mass is 16.5. The smallest absolute Gasteiger partial charge is 0.290 e. The van der Waals surface area contributed by atoms with Gasteiger partial charge in [0.15, 0.2) is 5.76 Å². The molecule has 0 spiro atoms. The minimum atomic E-state index is -0.0367. The van der Waals surface area contributed by atoms with Crippen LogP contribution in [0.25, 0.3) is 11.0 Å². The number of anilines is 1. The van der Waals surface area contributed by atoms with Crippen molar-refractivity contribution in [3.8, 4) is 5.75 Å². The maximum Gasteiger partial charge on any atom is 0.290 e. The zero-order chi connectivity index (χ0) is 18.1. The highest BCUT2D eigenvalue weighted by Gasteiger charge is 2.26. The molecule has 0 saturated carbocycles. The first kappa shape index (κ1) is 16.5. The molecule has 0 radical (unpaired) electrons. The number of ether oxygens (including phenoxy) is 1. The number of benzene rings is 2. The van der Waals surface area contributed by atoms with E-state index in [2.05, 4.69) is 17.0 Å². The number of aryl methyl sites for hydroxylation is 1. The molecule has 1 fully saturated rings. The van der Waals surface area contributed by atoms with Crippen molar-refractivity contribution in [3.63, 3.8) is 0 Å². The number of rotatable bonds is 3. The van der Waals surface area contributed by atoms with Crippen LogP contribution < -0.4 is 9.64 Å². The number of amides is 1. The molecule has 1 aliphatic rings. The minimum absolute atomic E-state index is 0.0367. The van der Waals surface area contributed by atoms with Crippen molar-refractivity contribution in [2.75, 3.05) is 38.2 Å². The second-order valence-corrected chi connectivity index (χ2v) is 6.53. The third-order valence-corrected chi connectivity index (χ3v) is 5.03. The van der Waals surface area contributed by atoms with E-state index < -0.39 is 0 Å². The van der Waals surface area contributed by atoms with Gasteiger partial charge in [-0.15, -0.1) is 0 Å². The SMILES string of the molecule is COc1ccc2oc(C(=O)N3CCN(c4ccccc4)CC3)c(C)c2c1. The molecule has 5 nitrogen and oxygen atoms in total. The van der Waals surface area contributed by atoms with Crippen LogP contribution in [0, 0.1) is 6.92 Å². The van der Waals surface area contributed by atoms with Crippen LogP contribution in [0.1, 0.15) is 16.1 Å². The molecule has 2 aromatic carbocycles. The average molecular weight is 350 g/mol. The lowest BCUT2D eigenvalue weighted by Gasteiger charge is -2.35. The number of para-hydroxylation sites is 1. The summed E-state index contributed by atoms with van der Waals surface area (Å²) in [5.41, 5.74) is 2.79. The van der Waals surface area contributed by atoms with E-state index in [0.717, 1.165) is 35.4 Å². The van der Waals surface area contributed by atoms with Gasteiger partial charge in [0.1, 0.15) is 11.3 Å². The highest BCUT2D eigenvalue weighted by molar-refractivity contribution is 5.99. The van der Waals surface area contributed by atoms with E-state index in [4.69, 9.17) is 9.15 Å². The van der Waals surface area contributed by atoms with Gasteiger partial charge in [-0.1, -0.05) is 18.2 Å². The van der Waals surface area contributed by atoms with Crippen molar-refractivity contribution in [2.45, 2.75) is 6.92 Å². The van der Waals surface area contributed by atoms with Gasteiger partial charge in [0.05, 0.1) is 7.11 Å². The molecule has 0 atom stereocenters. The number of hydrogen-bond donors (Lipinski definition) is 0. The van der Waals surface area contributed by atoms with Gasteiger partial charge in [-0.2, -0.15) is 0 Å². The Morgan fingerprint density at radius 1 is 1.04 bits per heavy atom. The summed E-state index contributed by atoms with van der Waals surface area (Å²) in [4.78, 5) is 17.2. The quantitative estimate of drug-likeness (QED) is 0.722. The number of furan rings is 1. The molecule has 0 N–H and O–H groups in total. The number of carbonyl (C=O) groups is 1. The van der Waals surface area contributed by atoms with Crippen LogP contribution in [-0.4, -0.2) is 44.1 Å². The summed E-state index contributed by atoms with van der Waals surface area (Å²) in [5, 5.41) is 0.927. The molecule has 2 heterocycles. The largest absolute Gasteiger partial charge is 0.497 e. The van der Waals surface area contributed by atoms with Gasteiger partial charge in [0, 0.05) is 42.8 Å². The van der Waals surface area contributed by atoms with Crippen LogP contribution in [0.2, 0.25) is 0 Å². The zero-order valence-electron chi connectivity index (χ0n) is 15.1. The van der Waals surface area contributed by atoms with Crippen molar-refractivity contribution >= 4 is 22.6 Å². The molecular weight excluding hydrogens is 328 g/mol. The number of fused-ring (bicyclic) bond motifs is 1. The van der Waals surface area contributed by atoms with Crippen LogP contribution in [-0.2, 0) is 0 Å². The van der Waals surface area contributed by atoms with E-state index in [0.29, 0.717) is 18.8 Å². The van der Waals surface area contributed by atoms with E-state index in [1.165, 1.54) is 5.69 Å². The fourth-order valence-corrected chi connectivity index (χ4v) is 3.48. The van der Waals surface area contributed by atoms with Crippen LogP contribution in [0.4, 0.5) is 5.69 Å². The van der Waals surface area contributed by atoms with Crippen molar-refractivity contribution in [3.05, 3.63) is 59.9 Å². The molecular formula is C21H22N2O3. The summed E-state index contributed by atoms with van der Waals surface area (Å²) in [6, 6.07) is 15.9. The Hall–Kier alpha value is -2.95. The Balaban J connectivity index is 1.52. The summed E-state index contributed by atoms with van der Waals surface area (Å²) >= 11 is 0. The lowest BCUT2D eigenvalue weighted by molar-refractivity contribution is 0.0716. The molecule has 0 unspecified atom stereocenters. The second-order valence-electron chi connectivity index (χ2n) is 6.53. The Morgan fingerprint density at radius 2 is 1.77 bits per heavy atom. The standard InChI is InChI=1S/C21H22N2O3/c1-15-18-14-17(25-2)8-9-19(18)26-20(15)21(24)23-12-10-22(11-13-23)16-6-4-3-5-7-16/h3-9,14H,10-13H2,1-2H3. The molecule has 134 valence electrons. The number of piperazine rings is 1. The molecule has 4 rings (SSSR count). The number of hydrogen-bond acceptors (Lipinski definition) is 4. The second kappa shape index (κ2) is 6.75. The maximum atomic E-state index is 13.0. The molecule has 0 bridgehead atoms. The first-order valence-electron chi connectivity index (χ1n) is 8.84. The van der Waals surface area contributed by atoms with Crippen molar-refractivity contribution in [2.24, 2.45) is 0 Å². The van der Waals surface area contributed by atoms with Crippen molar-refractivity contribution in [1.82, 2.24) is 4.90 Å². The molecule has 3 aromatic rings. The Kier molecular flexibility index (Phi) is 4.29. The normalized spacial score (nSPS) is 14.7. The first-order valence-corrected chi connectivity index (χ1v) is 8.84. The fourth-order valence-electron chi connectivity index (χ4n) is 3.48. The predicted molar refractivity (Wildman–Crippen MR) is 102 cm³/mol. The number of carbonyl (C=O) groups excluding carboxylic acids is 1. The van der Waals surface area contributed by atoms with Crippen molar-refractivity contribution < 1.29 is 13.9 Å². The number of methoxy groups -OCH3 is 1. The monoisotopic (exact) mass is 350 g/mol. The summed E-state index contributed by atoms with van der Waals surface area (Å²) < 4.78 is 11.1. The summed E-state index contributed by atoms with van der Waals surface area (Å²) in [5.74, 6) is 1.16. The van der Waals surface area contributed by atoms with Gasteiger partial charge >= 0.3 is 0 Å². The van der Waals surface area contributed by atoms with Crippen LogP contribution >= 0.6 is 0 Å². The average Bonchev–Trinajstić information content (AvgIpc) is 3.04. The third kappa shape index (κ3) is 2.90. The van der Waals surface area contributed by atoms with E-state index in [-0.39, 0.29) is 5.91 Å². The van der Waals surface area contributed by atoms with E-state index in [9.17, 15) is 4.79 Å². The lowest BCUT2D eigenvalue weighted by atomic mass is 10.1.